The van der Waals surface area contributed by atoms with E-state index >= 15 is 0 Å². The molecule has 0 saturated carbocycles. The van der Waals surface area contributed by atoms with E-state index in [1.807, 2.05) is 0 Å². The Kier molecular flexibility index (Phi) is 14.5. The van der Waals surface area contributed by atoms with Crippen molar-refractivity contribution in [3.05, 3.63) is 0 Å². The van der Waals surface area contributed by atoms with Crippen LogP contribution in [0.5, 0.6) is 0 Å². The minimum absolute atomic E-state index is 0. The highest BCUT2D eigenvalue weighted by atomic mass is 35.5. The standard InChI is InChI=1S/C16H37NO2Si.ClH/c1-20(2,3)13-11-9-7-5-4-6-8-10-12-16(17,14-18)15-19;/h18-19H,4-15,17H2,1-3H3;1H. The summed E-state index contributed by atoms with van der Waals surface area (Å²) in [4.78, 5) is 0. The topological polar surface area (TPSA) is 66.5 Å². The van der Waals surface area contributed by atoms with Crippen molar-refractivity contribution in [2.45, 2.75) is 89.0 Å². The second kappa shape index (κ2) is 12.9. The lowest BCUT2D eigenvalue weighted by Crippen LogP contribution is -2.47. The molecule has 3 nitrogen and oxygen atoms in total. The molecule has 0 unspecified atom stereocenters. The third-order valence-electron chi connectivity index (χ3n) is 3.98. The molecule has 0 bridgehead atoms. The molecule has 0 aromatic rings. The first-order valence-electron chi connectivity index (χ1n) is 8.34. The zero-order chi connectivity index (χ0) is 15.5. The average molecular weight is 340 g/mol. The van der Waals surface area contributed by atoms with Crippen molar-refractivity contribution >= 4 is 20.5 Å². The molecule has 0 radical (unpaired) electrons. The van der Waals surface area contributed by atoms with Gasteiger partial charge in [-0.1, -0.05) is 77.1 Å². The molecule has 0 fully saturated rings. The second-order valence-electron chi connectivity index (χ2n) is 7.57. The van der Waals surface area contributed by atoms with Gasteiger partial charge in [-0.2, -0.15) is 0 Å². The summed E-state index contributed by atoms with van der Waals surface area (Å²) < 4.78 is 0. The summed E-state index contributed by atoms with van der Waals surface area (Å²) in [5.41, 5.74) is 5.06. The lowest BCUT2D eigenvalue weighted by atomic mass is 9.94. The van der Waals surface area contributed by atoms with Gasteiger partial charge >= 0.3 is 0 Å². The molecule has 0 heterocycles. The van der Waals surface area contributed by atoms with Crippen LogP contribution in [0.4, 0.5) is 0 Å². The van der Waals surface area contributed by atoms with Crippen molar-refractivity contribution in [1.82, 2.24) is 0 Å². The molecule has 5 heteroatoms. The largest absolute Gasteiger partial charge is 0.394 e. The molecular weight excluding hydrogens is 302 g/mol. The van der Waals surface area contributed by atoms with Gasteiger partial charge in [0.25, 0.3) is 0 Å². The number of rotatable bonds is 13. The molecule has 0 aromatic heterocycles. The van der Waals surface area contributed by atoms with E-state index in [-0.39, 0.29) is 25.6 Å². The fourth-order valence-electron chi connectivity index (χ4n) is 2.40. The molecule has 130 valence electrons. The lowest BCUT2D eigenvalue weighted by molar-refractivity contribution is 0.112. The van der Waals surface area contributed by atoms with Crippen LogP contribution in [0.2, 0.25) is 25.7 Å². The first kappa shape index (κ1) is 23.7. The Morgan fingerprint density at radius 1 is 0.762 bits per heavy atom. The van der Waals surface area contributed by atoms with Crippen LogP contribution in [0.1, 0.15) is 57.8 Å². The molecule has 0 spiro atoms. The van der Waals surface area contributed by atoms with Gasteiger partial charge in [-0.15, -0.1) is 12.4 Å². The van der Waals surface area contributed by atoms with E-state index < -0.39 is 13.6 Å². The Balaban J connectivity index is 0. The van der Waals surface area contributed by atoms with Gasteiger partial charge in [0.2, 0.25) is 0 Å². The molecule has 0 saturated heterocycles. The van der Waals surface area contributed by atoms with Crippen LogP contribution in [0, 0.1) is 0 Å². The van der Waals surface area contributed by atoms with Crippen LogP contribution in [0.15, 0.2) is 0 Å². The van der Waals surface area contributed by atoms with Crippen molar-refractivity contribution in [1.29, 1.82) is 0 Å². The van der Waals surface area contributed by atoms with E-state index in [0.717, 1.165) is 19.3 Å². The fraction of sp³-hybridized carbons (Fsp3) is 1.00. The third kappa shape index (κ3) is 15.1. The Morgan fingerprint density at radius 3 is 1.52 bits per heavy atom. The van der Waals surface area contributed by atoms with E-state index in [1.54, 1.807) is 0 Å². The zero-order valence-corrected chi connectivity index (χ0v) is 16.2. The van der Waals surface area contributed by atoms with Gasteiger partial charge < -0.3 is 15.9 Å². The van der Waals surface area contributed by atoms with Crippen LogP contribution in [-0.2, 0) is 0 Å². The van der Waals surface area contributed by atoms with E-state index in [9.17, 15) is 0 Å². The first-order chi connectivity index (χ1) is 9.33. The Labute approximate surface area is 139 Å². The molecule has 0 aliphatic heterocycles. The smallest absolute Gasteiger partial charge is 0.0633 e. The van der Waals surface area contributed by atoms with Crippen molar-refractivity contribution in [3.63, 3.8) is 0 Å². The highest BCUT2D eigenvalue weighted by Gasteiger charge is 2.21. The maximum absolute atomic E-state index is 9.08. The number of aliphatic hydroxyl groups is 2. The van der Waals surface area contributed by atoms with Gasteiger partial charge in [0, 0.05) is 8.07 Å². The molecule has 0 rings (SSSR count). The molecule has 21 heavy (non-hydrogen) atoms. The molecule has 0 aliphatic rings. The van der Waals surface area contributed by atoms with Crippen LogP contribution in [0.3, 0.4) is 0 Å². The van der Waals surface area contributed by atoms with Crippen LogP contribution in [0.25, 0.3) is 0 Å². The number of hydrogen-bond donors (Lipinski definition) is 3. The first-order valence-corrected chi connectivity index (χ1v) is 12.0. The molecular formula is C16H38ClNO2Si. The Hall–Kier alpha value is 0.387. The maximum Gasteiger partial charge on any atom is 0.0633 e. The molecule has 4 N–H and O–H groups in total. The summed E-state index contributed by atoms with van der Waals surface area (Å²) >= 11 is 0. The predicted molar refractivity (Wildman–Crippen MR) is 98.0 cm³/mol. The van der Waals surface area contributed by atoms with E-state index in [2.05, 4.69) is 19.6 Å². The van der Waals surface area contributed by atoms with Gasteiger partial charge in [0.05, 0.1) is 18.8 Å². The minimum Gasteiger partial charge on any atom is -0.394 e. The van der Waals surface area contributed by atoms with E-state index in [0.29, 0.717) is 0 Å². The number of halogens is 1. The molecule has 0 atom stereocenters. The van der Waals surface area contributed by atoms with Crippen molar-refractivity contribution < 1.29 is 10.2 Å². The van der Waals surface area contributed by atoms with Gasteiger partial charge in [-0.25, -0.2) is 0 Å². The highest BCUT2D eigenvalue weighted by Crippen LogP contribution is 2.17. The molecule has 0 aliphatic carbocycles. The summed E-state index contributed by atoms with van der Waals surface area (Å²) in [7, 11) is -0.821. The second-order valence-corrected chi connectivity index (χ2v) is 13.2. The lowest BCUT2D eigenvalue weighted by Gasteiger charge is -2.24. The van der Waals surface area contributed by atoms with Gasteiger partial charge in [0.1, 0.15) is 0 Å². The minimum atomic E-state index is -0.821. The maximum atomic E-state index is 9.08. The summed E-state index contributed by atoms with van der Waals surface area (Å²) in [6.07, 6.45) is 11.0. The molecule has 0 aromatic carbocycles. The number of nitrogens with two attached hydrogens (primary N) is 1. The van der Waals surface area contributed by atoms with Gasteiger partial charge in [0.15, 0.2) is 0 Å². The van der Waals surface area contributed by atoms with Crippen LogP contribution in [-0.4, -0.2) is 37.0 Å². The van der Waals surface area contributed by atoms with Crippen molar-refractivity contribution in [3.8, 4) is 0 Å². The van der Waals surface area contributed by atoms with Crippen molar-refractivity contribution in [2.24, 2.45) is 5.73 Å². The summed E-state index contributed by atoms with van der Waals surface area (Å²) in [6.45, 7) is 7.09. The summed E-state index contributed by atoms with van der Waals surface area (Å²) in [5, 5.41) is 18.2. The third-order valence-corrected chi connectivity index (χ3v) is 5.83. The monoisotopic (exact) mass is 339 g/mol. The fourth-order valence-corrected chi connectivity index (χ4v) is 3.71. The number of hydrogen-bond acceptors (Lipinski definition) is 3. The van der Waals surface area contributed by atoms with Crippen LogP contribution < -0.4 is 5.73 Å². The Bertz CT molecular complexity index is 231. The zero-order valence-electron chi connectivity index (χ0n) is 14.4. The quantitative estimate of drug-likeness (QED) is 0.351. The number of aliphatic hydroxyl groups excluding tert-OH is 2. The van der Waals surface area contributed by atoms with Crippen molar-refractivity contribution in [2.75, 3.05) is 13.2 Å². The average Bonchev–Trinajstić information content (AvgIpc) is 2.39. The predicted octanol–water partition coefficient (Wildman–Crippen LogP) is 3.94. The normalized spacial score (nSPS) is 12.3. The van der Waals surface area contributed by atoms with Gasteiger partial charge in [-0.3, -0.25) is 0 Å². The SMILES string of the molecule is C[Si](C)(C)CCCCCCCCCCC(N)(CO)CO.Cl. The van der Waals surface area contributed by atoms with E-state index in [4.69, 9.17) is 15.9 Å². The highest BCUT2D eigenvalue weighted by molar-refractivity contribution is 6.76. The molecule has 0 amide bonds. The Morgan fingerprint density at radius 2 is 1.14 bits per heavy atom. The van der Waals surface area contributed by atoms with Crippen LogP contribution >= 0.6 is 12.4 Å². The van der Waals surface area contributed by atoms with E-state index in [1.165, 1.54) is 44.6 Å². The number of unbranched alkanes of at least 4 members (excludes halogenated alkanes) is 7. The van der Waals surface area contributed by atoms with Gasteiger partial charge in [-0.05, 0) is 6.42 Å². The summed E-state index contributed by atoms with van der Waals surface area (Å²) in [5.74, 6) is 0. The summed E-state index contributed by atoms with van der Waals surface area (Å²) in [6, 6.07) is 1.47.